The molecule has 3 rings (SSSR count). The molecule has 3 aromatic rings. The quantitative estimate of drug-likeness (QED) is 0.672. The number of methoxy groups -OCH3 is 1. The Morgan fingerprint density at radius 1 is 1.10 bits per heavy atom. The summed E-state index contributed by atoms with van der Waals surface area (Å²) in [6, 6.07) is 11.5. The fourth-order valence-corrected chi connectivity index (χ4v) is 3.05. The first kappa shape index (κ1) is 14.0. The van der Waals surface area contributed by atoms with Gasteiger partial charge in [-0.05, 0) is 58.4 Å². The molecular formula is C15H11BrN2O2S. The summed E-state index contributed by atoms with van der Waals surface area (Å²) >= 11 is 5.07. The summed E-state index contributed by atoms with van der Waals surface area (Å²) in [5.74, 6) is 1.76. The molecule has 106 valence electrons. The van der Waals surface area contributed by atoms with Gasteiger partial charge in [-0.1, -0.05) is 0 Å². The van der Waals surface area contributed by atoms with Gasteiger partial charge in [-0.25, -0.2) is 0 Å². The summed E-state index contributed by atoms with van der Waals surface area (Å²) in [5.41, 5.74) is 0.863. The molecule has 0 unspecified atom stereocenters. The normalized spacial score (nSPS) is 11.1. The Labute approximate surface area is 134 Å². The van der Waals surface area contributed by atoms with Crippen LogP contribution < -0.4 is 4.74 Å². The van der Waals surface area contributed by atoms with Gasteiger partial charge in [0.05, 0.1) is 10.9 Å². The molecule has 0 spiro atoms. The zero-order valence-corrected chi connectivity index (χ0v) is 13.5. The maximum Gasteiger partial charge on any atom is 0.248 e. The number of ether oxygens (including phenoxy) is 1. The van der Waals surface area contributed by atoms with Gasteiger partial charge in [0, 0.05) is 16.5 Å². The second kappa shape index (κ2) is 6.24. The van der Waals surface area contributed by atoms with Gasteiger partial charge in [0.15, 0.2) is 0 Å². The molecule has 0 radical (unpaired) electrons. The van der Waals surface area contributed by atoms with Crippen LogP contribution in [0.4, 0.5) is 0 Å². The smallest absolute Gasteiger partial charge is 0.248 e. The van der Waals surface area contributed by atoms with E-state index in [2.05, 4.69) is 26.1 Å². The highest BCUT2D eigenvalue weighted by Gasteiger charge is 2.06. The molecule has 0 aliphatic carbocycles. The first-order valence-corrected chi connectivity index (χ1v) is 7.77. The standard InChI is InChI=1S/C15H11BrN2O2S/c1-19-11-4-2-10(3-5-11)15-18-17-14(20-15)9-7-12-6-8-13(16)21-12/h2-9H,1H3/b9-7+. The van der Waals surface area contributed by atoms with Gasteiger partial charge in [-0.2, -0.15) is 0 Å². The minimum atomic E-state index is 0.477. The van der Waals surface area contributed by atoms with Crippen molar-refractivity contribution in [1.82, 2.24) is 10.2 Å². The molecule has 6 heteroatoms. The van der Waals surface area contributed by atoms with Gasteiger partial charge in [0.25, 0.3) is 0 Å². The van der Waals surface area contributed by atoms with E-state index in [9.17, 15) is 0 Å². The van der Waals surface area contributed by atoms with Crippen molar-refractivity contribution in [3.63, 3.8) is 0 Å². The van der Waals surface area contributed by atoms with Crippen LogP contribution in [0.5, 0.6) is 5.75 Å². The third kappa shape index (κ3) is 3.40. The minimum absolute atomic E-state index is 0.477. The molecule has 0 aliphatic heterocycles. The van der Waals surface area contributed by atoms with E-state index in [0.29, 0.717) is 11.8 Å². The molecule has 0 saturated carbocycles. The lowest BCUT2D eigenvalue weighted by atomic mass is 10.2. The zero-order valence-electron chi connectivity index (χ0n) is 11.1. The topological polar surface area (TPSA) is 48.2 Å². The Hall–Kier alpha value is -1.92. The van der Waals surface area contributed by atoms with Crippen LogP contribution in [-0.2, 0) is 0 Å². The monoisotopic (exact) mass is 362 g/mol. The van der Waals surface area contributed by atoms with E-state index in [-0.39, 0.29) is 0 Å². The zero-order chi connectivity index (χ0) is 14.7. The highest BCUT2D eigenvalue weighted by molar-refractivity contribution is 9.11. The summed E-state index contributed by atoms with van der Waals surface area (Å²) in [6.07, 6.45) is 3.75. The fraction of sp³-hybridized carbons (Fsp3) is 0.0667. The van der Waals surface area contributed by atoms with Gasteiger partial charge < -0.3 is 9.15 Å². The number of nitrogens with zero attached hydrogens (tertiary/aromatic N) is 2. The average Bonchev–Trinajstić information content (AvgIpc) is 3.14. The second-order valence-corrected chi connectivity index (χ2v) is 6.64. The first-order valence-electron chi connectivity index (χ1n) is 6.16. The third-order valence-corrected chi connectivity index (χ3v) is 4.35. The lowest BCUT2D eigenvalue weighted by Crippen LogP contribution is -1.82. The molecule has 0 saturated heterocycles. The van der Waals surface area contributed by atoms with E-state index in [1.165, 1.54) is 0 Å². The summed E-state index contributed by atoms with van der Waals surface area (Å²) in [7, 11) is 1.63. The Morgan fingerprint density at radius 3 is 2.57 bits per heavy atom. The van der Waals surface area contributed by atoms with E-state index >= 15 is 0 Å². The lowest BCUT2D eigenvalue weighted by Gasteiger charge is -1.98. The van der Waals surface area contributed by atoms with Gasteiger partial charge in [-0.3, -0.25) is 0 Å². The number of hydrogen-bond donors (Lipinski definition) is 0. The summed E-state index contributed by atoms with van der Waals surface area (Å²) < 4.78 is 11.8. The minimum Gasteiger partial charge on any atom is -0.497 e. The second-order valence-electron chi connectivity index (χ2n) is 4.15. The molecule has 4 nitrogen and oxygen atoms in total. The van der Waals surface area contributed by atoms with Crippen LogP contribution in [-0.4, -0.2) is 17.3 Å². The van der Waals surface area contributed by atoms with Crippen LogP contribution in [0, 0.1) is 0 Å². The van der Waals surface area contributed by atoms with Gasteiger partial charge in [0.2, 0.25) is 11.8 Å². The molecule has 2 heterocycles. The predicted octanol–water partition coefficient (Wildman–Crippen LogP) is 4.74. The van der Waals surface area contributed by atoms with Crippen LogP contribution in [0.1, 0.15) is 10.8 Å². The van der Waals surface area contributed by atoms with Crippen LogP contribution >= 0.6 is 27.3 Å². The molecule has 0 atom stereocenters. The number of halogens is 1. The molecule has 0 bridgehead atoms. The van der Waals surface area contributed by atoms with Crippen LogP contribution in [0.15, 0.2) is 44.6 Å². The van der Waals surface area contributed by atoms with Crippen molar-refractivity contribution < 1.29 is 9.15 Å². The van der Waals surface area contributed by atoms with Crippen molar-refractivity contribution >= 4 is 39.4 Å². The molecule has 0 fully saturated rings. The maximum atomic E-state index is 5.61. The Kier molecular flexibility index (Phi) is 4.17. The summed E-state index contributed by atoms with van der Waals surface area (Å²) in [4.78, 5) is 1.12. The number of thiophene rings is 1. The van der Waals surface area contributed by atoms with Crippen molar-refractivity contribution in [2.45, 2.75) is 0 Å². The largest absolute Gasteiger partial charge is 0.497 e. The van der Waals surface area contributed by atoms with E-state index in [1.54, 1.807) is 24.5 Å². The van der Waals surface area contributed by atoms with E-state index in [1.807, 2.05) is 42.5 Å². The van der Waals surface area contributed by atoms with Crippen LogP contribution in [0.2, 0.25) is 0 Å². The van der Waals surface area contributed by atoms with Crippen LogP contribution in [0.25, 0.3) is 23.6 Å². The maximum absolute atomic E-state index is 5.61. The molecule has 1 aromatic carbocycles. The Balaban J connectivity index is 1.77. The van der Waals surface area contributed by atoms with Crippen LogP contribution in [0.3, 0.4) is 0 Å². The average molecular weight is 363 g/mol. The summed E-state index contributed by atoms with van der Waals surface area (Å²) in [6.45, 7) is 0. The number of rotatable bonds is 4. The van der Waals surface area contributed by atoms with Crippen molar-refractivity contribution in [2.24, 2.45) is 0 Å². The number of aromatic nitrogens is 2. The molecular weight excluding hydrogens is 352 g/mol. The van der Waals surface area contributed by atoms with Crippen molar-refractivity contribution in [3.05, 3.63) is 51.0 Å². The first-order chi connectivity index (χ1) is 10.2. The molecule has 2 aromatic heterocycles. The third-order valence-electron chi connectivity index (χ3n) is 2.76. The molecule has 0 N–H and O–H groups in total. The Bertz CT molecular complexity index is 762. The number of hydrogen-bond acceptors (Lipinski definition) is 5. The van der Waals surface area contributed by atoms with Crippen molar-refractivity contribution in [2.75, 3.05) is 7.11 Å². The number of benzene rings is 1. The highest BCUT2D eigenvalue weighted by atomic mass is 79.9. The van der Waals surface area contributed by atoms with Gasteiger partial charge >= 0.3 is 0 Å². The fourth-order valence-electron chi connectivity index (χ4n) is 1.72. The SMILES string of the molecule is COc1ccc(-c2nnc(/C=C/c3ccc(Br)s3)o2)cc1. The molecule has 0 amide bonds. The van der Waals surface area contributed by atoms with Gasteiger partial charge in [0.1, 0.15) is 5.75 Å². The highest BCUT2D eigenvalue weighted by Crippen LogP contribution is 2.25. The van der Waals surface area contributed by atoms with E-state index in [4.69, 9.17) is 9.15 Å². The molecule has 0 aliphatic rings. The van der Waals surface area contributed by atoms with E-state index < -0.39 is 0 Å². The van der Waals surface area contributed by atoms with Crippen molar-refractivity contribution in [3.8, 4) is 17.2 Å². The molecule has 21 heavy (non-hydrogen) atoms. The van der Waals surface area contributed by atoms with Crippen molar-refractivity contribution in [1.29, 1.82) is 0 Å². The lowest BCUT2D eigenvalue weighted by molar-refractivity contribution is 0.415. The van der Waals surface area contributed by atoms with E-state index in [0.717, 1.165) is 20.0 Å². The van der Waals surface area contributed by atoms with Gasteiger partial charge in [-0.15, -0.1) is 21.5 Å². The summed E-state index contributed by atoms with van der Waals surface area (Å²) in [5, 5.41) is 8.06. The predicted molar refractivity (Wildman–Crippen MR) is 87.2 cm³/mol. The Morgan fingerprint density at radius 2 is 1.90 bits per heavy atom.